The zero-order valence-corrected chi connectivity index (χ0v) is 34.8. The van der Waals surface area contributed by atoms with Gasteiger partial charge in [-0.2, -0.15) is 0 Å². The standard InChI is InChI=1S/C41H68O12Si/c1-40(2,3)53-39(42)17-18-43-19-20-44-21-22-45-23-24-46-25-26-47-27-28-48-29-30-49-31-32-50-33-34-51-35-36-52-54(41(4,5)6,37-13-9-7-10-14-37)38-15-11-8-12-16-38/h7-16H,17-36H2,1-6H3. The number of esters is 1. The van der Waals surface area contributed by atoms with Crippen LogP contribution in [0.25, 0.3) is 0 Å². The highest BCUT2D eigenvalue weighted by Crippen LogP contribution is 2.36. The molecule has 0 N–H and O–H groups in total. The second kappa shape index (κ2) is 29.0. The van der Waals surface area contributed by atoms with Crippen LogP contribution in [-0.2, 0) is 56.6 Å². The van der Waals surface area contributed by atoms with Gasteiger partial charge in [0, 0.05) is 0 Å². The lowest BCUT2D eigenvalue weighted by Crippen LogP contribution is -2.66. The lowest BCUT2D eigenvalue weighted by atomic mass is 10.2. The van der Waals surface area contributed by atoms with E-state index in [0.717, 1.165) is 0 Å². The Labute approximate surface area is 325 Å². The molecular formula is C41H68O12Si. The van der Waals surface area contributed by atoms with Gasteiger partial charge >= 0.3 is 5.97 Å². The average molecular weight is 781 g/mol. The number of hydrogen-bond acceptors (Lipinski definition) is 12. The summed E-state index contributed by atoms with van der Waals surface area (Å²) in [6, 6.07) is 21.3. The largest absolute Gasteiger partial charge is 0.460 e. The Bertz CT molecular complexity index is 1130. The molecule has 0 atom stereocenters. The summed E-state index contributed by atoms with van der Waals surface area (Å²) in [6.07, 6.45) is 0.231. The predicted molar refractivity (Wildman–Crippen MR) is 211 cm³/mol. The first-order valence-electron chi connectivity index (χ1n) is 19.2. The van der Waals surface area contributed by atoms with E-state index < -0.39 is 13.9 Å². The Balaban J connectivity index is 1.32. The number of benzene rings is 2. The molecule has 13 heteroatoms. The molecule has 0 aliphatic carbocycles. The maximum Gasteiger partial charge on any atom is 0.308 e. The average Bonchev–Trinajstić information content (AvgIpc) is 3.13. The second-order valence-corrected chi connectivity index (χ2v) is 18.7. The Morgan fingerprint density at radius 2 is 0.704 bits per heavy atom. The summed E-state index contributed by atoms with van der Waals surface area (Å²) in [5, 5.41) is 2.47. The fourth-order valence-electron chi connectivity index (χ4n) is 5.42. The molecule has 0 saturated heterocycles. The molecule has 12 nitrogen and oxygen atoms in total. The Hall–Kier alpha value is -2.27. The summed E-state index contributed by atoms with van der Waals surface area (Å²) >= 11 is 0. The van der Waals surface area contributed by atoms with Gasteiger partial charge in [0.1, 0.15) is 5.60 Å². The molecule has 2 rings (SSSR count). The first kappa shape index (κ1) is 47.9. The van der Waals surface area contributed by atoms with Crippen molar-refractivity contribution >= 4 is 24.7 Å². The van der Waals surface area contributed by atoms with Crippen LogP contribution in [0.4, 0.5) is 0 Å². The van der Waals surface area contributed by atoms with E-state index >= 15 is 0 Å². The van der Waals surface area contributed by atoms with Gasteiger partial charge in [0.2, 0.25) is 0 Å². The van der Waals surface area contributed by atoms with Gasteiger partial charge in [-0.05, 0) is 36.2 Å². The first-order chi connectivity index (χ1) is 26.1. The van der Waals surface area contributed by atoms with E-state index in [-0.39, 0.29) is 17.4 Å². The van der Waals surface area contributed by atoms with E-state index in [0.29, 0.717) is 126 Å². The van der Waals surface area contributed by atoms with Gasteiger partial charge in [-0.25, -0.2) is 0 Å². The van der Waals surface area contributed by atoms with Crippen LogP contribution < -0.4 is 10.4 Å². The molecule has 0 aliphatic heterocycles. The van der Waals surface area contributed by atoms with Gasteiger partial charge in [0.05, 0.1) is 132 Å². The lowest BCUT2D eigenvalue weighted by Gasteiger charge is -2.43. The molecule has 0 aliphatic rings. The van der Waals surface area contributed by atoms with Crippen LogP contribution >= 0.6 is 0 Å². The zero-order chi connectivity index (χ0) is 39.2. The number of hydrogen-bond donors (Lipinski definition) is 0. The van der Waals surface area contributed by atoms with Crippen molar-refractivity contribution in [2.24, 2.45) is 0 Å². The minimum Gasteiger partial charge on any atom is -0.460 e. The predicted octanol–water partition coefficient (Wildman–Crippen LogP) is 4.44. The van der Waals surface area contributed by atoms with Crippen LogP contribution in [0.1, 0.15) is 48.0 Å². The summed E-state index contributed by atoms with van der Waals surface area (Å²) in [6.45, 7) is 21.4. The number of rotatable bonds is 33. The van der Waals surface area contributed by atoms with Crippen LogP contribution in [0.15, 0.2) is 60.7 Å². The summed E-state index contributed by atoms with van der Waals surface area (Å²) in [7, 11) is -2.54. The molecule has 0 bridgehead atoms. The molecule has 0 amide bonds. The van der Waals surface area contributed by atoms with E-state index in [1.165, 1.54) is 10.4 Å². The van der Waals surface area contributed by atoms with Gasteiger partial charge in [-0.3, -0.25) is 4.79 Å². The van der Waals surface area contributed by atoms with Crippen molar-refractivity contribution in [2.45, 2.75) is 58.6 Å². The van der Waals surface area contributed by atoms with E-state index in [4.69, 9.17) is 51.8 Å². The molecule has 0 fully saturated rings. The number of carbonyl (C=O) groups is 1. The third-order valence-electron chi connectivity index (χ3n) is 7.81. The third-order valence-corrected chi connectivity index (χ3v) is 12.9. The van der Waals surface area contributed by atoms with Crippen LogP contribution in [0.2, 0.25) is 5.04 Å². The van der Waals surface area contributed by atoms with Crippen molar-refractivity contribution in [1.29, 1.82) is 0 Å². The van der Waals surface area contributed by atoms with E-state index in [1.54, 1.807) is 0 Å². The van der Waals surface area contributed by atoms with Crippen LogP contribution in [0.5, 0.6) is 0 Å². The van der Waals surface area contributed by atoms with E-state index in [2.05, 4.69) is 81.4 Å². The smallest absolute Gasteiger partial charge is 0.308 e. The summed E-state index contributed by atoms with van der Waals surface area (Å²) in [5.74, 6) is -0.264. The van der Waals surface area contributed by atoms with E-state index in [1.807, 2.05) is 20.8 Å². The van der Waals surface area contributed by atoms with Gasteiger partial charge in [-0.15, -0.1) is 0 Å². The minimum absolute atomic E-state index is 0.0598. The summed E-state index contributed by atoms with van der Waals surface area (Å²) < 4.78 is 62.0. The van der Waals surface area contributed by atoms with Crippen LogP contribution in [-0.4, -0.2) is 145 Å². The van der Waals surface area contributed by atoms with Crippen LogP contribution in [0.3, 0.4) is 0 Å². The molecule has 0 radical (unpaired) electrons. The van der Waals surface area contributed by atoms with Crippen molar-refractivity contribution in [2.75, 3.05) is 126 Å². The molecule has 0 heterocycles. The van der Waals surface area contributed by atoms with Gasteiger partial charge < -0.3 is 51.8 Å². The van der Waals surface area contributed by atoms with E-state index in [9.17, 15) is 4.79 Å². The lowest BCUT2D eigenvalue weighted by molar-refractivity contribution is -0.156. The fraction of sp³-hybridized carbons (Fsp3) is 0.683. The maximum atomic E-state index is 11.6. The van der Waals surface area contributed by atoms with Gasteiger partial charge in [-0.1, -0.05) is 81.4 Å². The van der Waals surface area contributed by atoms with Gasteiger partial charge in [0.15, 0.2) is 0 Å². The van der Waals surface area contributed by atoms with Crippen molar-refractivity contribution in [3.63, 3.8) is 0 Å². The molecule has 2 aromatic rings. The molecule has 54 heavy (non-hydrogen) atoms. The molecule has 0 aromatic heterocycles. The highest BCUT2D eigenvalue weighted by molar-refractivity contribution is 6.99. The number of carbonyl (C=O) groups excluding carboxylic acids is 1. The summed E-state index contributed by atoms with van der Waals surface area (Å²) in [4.78, 5) is 11.6. The second-order valence-electron chi connectivity index (χ2n) is 14.4. The molecule has 2 aromatic carbocycles. The Morgan fingerprint density at radius 1 is 0.426 bits per heavy atom. The maximum absolute atomic E-state index is 11.6. The first-order valence-corrected chi connectivity index (χ1v) is 21.1. The highest BCUT2D eigenvalue weighted by atomic mass is 28.4. The summed E-state index contributed by atoms with van der Waals surface area (Å²) in [5.41, 5.74) is -0.476. The monoisotopic (exact) mass is 780 g/mol. The number of ether oxygens (including phenoxy) is 10. The quantitative estimate of drug-likeness (QED) is 0.0579. The van der Waals surface area contributed by atoms with Crippen molar-refractivity contribution < 1.29 is 56.6 Å². The Morgan fingerprint density at radius 3 is 0.981 bits per heavy atom. The topological polar surface area (TPSA) is 119 Å². The van der Waals surface area contributed by atoms with Crippen molar-refractivity contribution in [3.8, 4) is 0 Å². The fourth-order valence-corrected chi connectivity index (χ4v) is 9.97. The molecule has 0 spiro atoms. The SMILES string of the molecule is CC(C)(C)OC(=O)CCOCCOCCOCCOCCOCCOCCOCCOCCOCCO[Si](c1ccccc1)(c1ccccc1)C(C)(C)C. The van der Waals surface area contributed by atoms with Crippen molar-refractivity contribution in [3.05, 3.63) is 60.7 Å². The highest BCUT2D eigenvalue weighted by Gasteiger charge is 2.50. The molecule has 0 saturated carbocycles. The van der Waals surface area contributed by atoms with Gasteiger partial charge in [0.25, 0.3) is 8.32 Å². The van der Waals surface area contributed by atoms with Crippen molar-refractivity contribution in [1.82, 2.24) is 0 Å². The molecular weight excluding hydrogens is 713 g/mol. The van der Waals surface area contributed by atoms with Crippen LogP contribution in [0, 0.1) is 0 Å². The Kier molecular flexibility index (Phi) is 25.7. The molecule has 0 unspecified atom stereocenters. The normalized spacial score (nSPS) is 12.3. The zero-order valence-electron chi connectivity index (χ0n) is 33.8. The third kappa shape index (κ3) is 21.7. The molecule has 308 valence electrons. The minimum atomic E-state index is -2.54.